The maximum atomic E-state index is 11.3. The van der Waals surface area contributed by atoms with E-state index in [1.807, 2.05) is 6.92 Å². The highest BCUT2D eigenvalue weighted by Gasteiger charge is 2.12. The molecule has 0 aliphatic rings. The van der Waals surface area contributed by atoms with E-state index in [4.69, 9.17) is 5.26 Å². The van der Waals surface area contributed by atoms with Crippen molar-refractivity contribution in [2.75, 3.05) is 25.6 Å². The van der Waals surface area contributed by atoms with Crippen molar-refractivity contribution in [3.05, 3.63) is 18.1 Å². The van der Waals surface area contributed by atoms with E-state index in [9.17, 15) is 4.79 Å². The van der Waals surface area contributed by atoms with Gasteiger partial charge in [0.25, 0.3) is 0 Å². The van der Waals surface area contributed by atoms with Gasteiger partial charge < -0.3 is 9.64 Å². The van der Waals surface area contributed by atoms with Gasteiger partial charge in [0.2, 0.25) is 0 Å². The van der Waals surface area contributed by atoms with Crippen LogP contribution in [-0.2, 0) is 4.74 Å². The first-order valence-electron chi connectivity index (χ1n) is 5.09. The van der Waals surface area contributed by atoms with Gasteiger partial charge >= 0.3 is 5.97 Å². The Kier molecular flexibility index (Phi) is 4.40. The third kappa shape index (κ3) is 3.41. The molecule has 0 aliphatic carbocycles. The fourth-order valence-electron chi connectivity index (χ4n) is 1.29. The summed E-state index contributed by atoms with van der Waals surface area (Å²) in [5.74, 6) is -0.111. The SMILES string of the molecule is COC(=O)c1cncc(N(C)CC(C)C#N)n1. The molecule has 1 atom stereocenters. The molecule has 0 saturated heterocycles. The van der Waals surface area contributed by atoms with Crippen LogP contribution in [-0.4, -0.2) is 36.6 Å². The number of hydrogen-bond acceptors (Lipinski definition) is 6. The minimum Gasteiger partial charge on any atom is -0.464 e. The highest BCUT2D eigenvalue weighted by Crippen LogP contribution is 2.10. The van der Waals surface area contributed by atoms with Crippen molar-refractivity contribution in [3.8, 4) is 6.07 Å². The van der Waals surface area contributed by atoms with Gasteiger partial charge in [0.15, 0.2) is 5.69 Å². The smallest absolute Gasteiger partial charge is 0.358 e. The predicted molar refractivity (Wildman–Crippen MR) is 61.4 cm³/mol. The van der Waals surface area contributed by atoms with Gasteiger partial charge in [0, 0.05) is 13.6 Å². The maximum absolute atomic E-state index is 11.3. The number of anilines is 1. The van der Waals surface area contributed by atoms with Crippen LogP contribution in [0.15, 0.2) is 12.4 Å². The molecule has 1 aromatic heterocycles. The lowest BCUT2D eigenvalue weighted by Gasteiger charge is -2.18. The largest absolute Gasteiger partial charge is 0.464 e. The summed E-state index contributed by atoms with van der Waals surface area (Å²) in [6, 6.07) is 2.13. The van der Waals surface area contributed by atoms with Crippen molar-refractivity contribution in [3.63, 3.8) is 0 Å². The lowest BCUT2D eigenvalue weighted by atomic mass is 10.2. The number of nitriles is 1. The summed E-state index contributed by atoms with van der Waals surface area (Å²) in [5, 5.41) is 8.72. The van der Waals surface area contributed by atoms with Gasteiger partial charge in [-0.25, -0.2) is 9.78 Å². The van der Waals surface area contributed by atoms with E-state index >= 15 is 0 Å². The molecule has 1 unspecified atom stereocenters. The zero-order valence-electron chi connectivity index (χ0n) is 10.0. The molecule has 1 rings (SSSR count). The number of rotatable bonds is 4. The molecule has 0 aliphatic heterocycles. The second kappa shape index (κ2) is 5.80. The average molecular weight is 234 g/mol. The van der Waals surface area contributed by atoms with Gasteiger partial charge in [-0.15, -0.1) is 0 Å². The zero-order valence-corrected chi connectivity index (χ0v) is 10.0. The number of carbonyl (C=O) groups excluding carboxylic acids is 1. The first kappa shape index (κ1) is 12.9. The van der Waals surface area contributed by atoms with Gasteiger partial charge in [0.1, 0.15) is 5.82 Å². The number of aromatic nitrogens is 2. The monoisotopic (exact) mass is 234 g/mol. The van der Waals surface area contributed by atoms with Crippen LogP contribution in [0.3, 0.4) is 0 Å². The minimum atomic E-state index is -0.527. The molecule has 90 valence electrons. The maximum Gasteiger partial charge on any atom is 0.358 e. The molecule has 0 spiro atoms. The van der Waals surface area contributed by atoms with E-state index in [2.05, 4.69) is 20.8 Å². The Hall–Kier alpha value is -2.16. The highest BCUT2D eigenvalue weighted by molar-refractivity contribution is 5.87. The van der Waals surface area contributed by atoms with Gasteiger partial charge in [-0.05, 0) is 6.92 Å². The summed E-state index contributed by atoms with van der Waals surface area (Å²) in [6.45, 7) is 2.34. The Morgan fingerprint density at radius 2 is 2.35 bits per heavy atom. The van der Waals surface area contributed by atoms with Crippen LogP contribution in [0.2, 0.25) is 0 Å². The molecule has 0 amide bonds. The van der Waals surface area contributed by atoms with Crippen LogP contribution in [0.25, 0.3) is 0 Å². The van der Waals surface area contributed by atoms with Crippen LogP contribution in [0.1, 0.15) is 17.4 Å². The van der Waals surface area contributed by atoms with Crippen molar-refractivity contribution >= 4 is 11.8 Å². The van der Waals surface area contributed by atoms with Crippen molar-refractivity contribution in [2.24, 2.45) is 5.92 Å². The first-order chi connectivity index (χ1) is 8.08. The van der Waals surface area contributed by atoms with Gasteiger partial charge in [0.05, 0.1) is 31.5 Å². The lowest BCUT2D eigenvalue weighted by Crippen LogP contribution is -2.25. The number of methoxy groups -OCH3 is 1. The zero-order chi connectivity index (χ0) is 12.8. The van der Waals surface area contributed by atoms with Gasteiger partial charge in [-0.1, -0.05) is 0 Å². The Labute approximate surface area is 99.9 Å². The molecule has 6 heteroatoms. The fraction of sp³-hybridized carbons (Fsp3) is 0.455. The summed E-state index contributed by atoms with van der Waals surface area (Å²) in [4.78, 5) is 21.1. The second-order valence-corrected chi connectivity index (χ2v) is 3.66. The second-order valence-electron chi connectivity index (χ2n) is 3.66. The van der Waals surface area contributed by atoms with E-state index in [1.54, 1.807) is 11.9 Å². The summed E-state index contributed by atoms with van der Waals surface area (Å²) >= 11 is 0. The van der Waals surface area contributed by atoms with Crippen molar-refractivity contribution in [2.45, 2.75) is 6.92 Å². The van der Waals surface area contributed by atoms with Crippen LogP contribution in [0.5, 0.6) is 0 Å². The van der Waals surface area contributed by atoms with E-state index in [0.29, 0.717) is 12.4 Å². The van der Waals surface area contributed by atoms with E-state index in [-0.39, 0.29) is 11.6 Å². The lowest BCUT2D eigenvalue weighted by molar-refractivity contribution is 0.0593. The normalized spacial score (nSPS) is 11.4. The quantitative estimate of drug-likeness (QED) is 0.719. The van der Waals surface area contributed by atoms with Crippen LogP contribution in [0.4, 0.5) is 5.82 Å². The number of esters is 1. The molecule has 17 heavy (non-hydrogen) atoms. The predicted octanol–water partition coefficient (Wildman–Crippen LogP) is 0.859. The Morgan fingerprint density at radius 1 is 1.65 bits per heavy atom. The van der Waals surface area contributed by atoms with E-state index in [0.717, 1.165) is 0 Å². The Balaban J connectivity index is 2.85. The number of carbonyl (C=O) groups is 1. The Morgan fingerprint density at radius 3 is 2.94 bits per heavy atom. The standard InChI is InChI=1S/C11H14N4O2/c1-8(4-12)7-15(2)10-6-13-5-9(14-10)11(16)17-3/h5-6,8H,7H2,1-3H3. The van der Waals surface area contributed by atoms with Crippen LogP contribution < -0.4 is 4.90 Å². The molecule has 0 fully saturated rings. The number of nitrogens with zero attached hydrogens (tertiary/aromatic N) is 4. The minimum absolute atomic E-state index is 0.122. The number of ether oxygens (including phenoxy) is 1. The third-order valence-corrected chi connectivity index (χ3v) is 2.18. The summed E-state index contributed by atoms with van der Waals surface area (Å²) in [6.07, 6.45) is 2.88. The average Bonchev–Trinajstić information content (AvgIpc) is 2.37. The molecule has 0 N–H and O–H groups in total. The molecule has 0 aromatic carbocycles. The number of hydrogen-bond donors (Lipinski definition) is 0. The summed E-state index contributed by atoms with van der Waals surface area (Å²) < 4.78 is 4.56. The molecule has 0 radical (unpaired) electrons. The van der Waals surface area contributed by atoms with E-state index < -0.39 is 5.97 Å². The van der Waals surface area contributed by atoms with Crippen LogP contribution in [0, 0.1) is 17.2 Å². The topological polar surface area (TPSA) is 79.1 Å². The third-order valence-electron chi connectivity index (χ3n) is 2.18. The molecule has 0 saturated carbocycles. The summed E-state index contributed by atoms with van der Waals surface area (Å²) in [7, 11) is 3.08. The van der Waals surface area contributed by atoms with Gasteiger partial charge in [-0.3, -0.25) is 4.98 Å². The molecule has 1 aromatic rings. The van der Waals surface area contributed by atoms with Crippen molar-refractivity contribution < 1.29 is 9.53 Å². The summed E-state index contributed by atoms with van der Waals surface area (Å²) in [5.41, 5.74) is 0.154. The fourth-order valence-corrected chi connectivity index (χ4v) is 1.29. The van der Waals surface area contributed by atoms with Crippen LogP contribution >= 0.6 is 0 Å². The van der Waals surface area contributed by atoms with Crippen molar-refractivity contribution in [1.82, 2.24) is 9.97 Å². The van der Waals surface area contributed by atoms with Gasteiger partial charge in [-0.2, -0.15) is 5.26 Å². The molecular formula is C11H14N4O2. The Bertz CT molecular complexity index is 441. The van der Waals surface area contributed by atoms with Crippen molar-refractivity contribution in [1.29, 1.82) is 5.26 Å². The molecule has 1 heterocycles. The molecular weight excluding hydrogens is 220 g/mol. The van der Waals surface area contributed by atoms with E-state index in [1.165, 1.54) is 19.5 Å². The molecule has 6 nitrogen and oxygen atoms in total. The first-order valence-corrected chi connectivity index (χ1v) is 5.09. The highest BCUT2D eigenvalue weighted by atomic mass is 16.5. The molecule has 0 bridgehead atoms.